The summed E-state index contributed by atoms with van der Waals surface area (Å²) in [6, 6.07) is 6.94. The third-order valence-electron chi connectivity index (χ3n) is 3.32. The zero-order valence-corrected chi connectivity index (χ0v) is 11.7. The molecule has 1 aliphatic heterocycles. The van der Waals surface area contributed by atoms with E-state index in [1.807, 2.05) is 32.0 Å². The van der Waals surface area contributed by atoms with E-state index >= 15 is 0 Å². The smallest absolute Gasteiger partial charge is 0.264 e. The Kier molecular flexibility index (Phi) is 4.29. The van der Waals surface area contributed by atoms with Crippen molar-refractivity contribution in [1.82, 2.24) is 5.32 Å². The summed E-state index contributed by atoms with van der Waals surface area (Å²) in [5.74, 6) is -1.38. The second kappa shape index (κ2) is 5.96. The average molecular weight is 273 g/mol. The van der Waals surface area contributed by atoms with Gasteiger partial charge in [-0.25, -0.2) is 0 Å². The fraction of sp³-hybridized carbons (Fsp3) is 0.400. The van der Waals surface area contributed by atoms with Gasteiger partial charge in [0.1, 0.15) is 11.8 Å². The van der Waals surface area contributed by atoms with Crippen LogP contribution in [0.2, 0.25) is 0 Å². The number of aryl methyl sites for hydroxylation is 1. The number of amides is 2. The van der Waals surface area contributed by atoms with Crippen LogP contribution in [-0.2, 0) is 9.59 Å². The molecule has 1 aliphatic rings. The molecule has 5 heteroatoms. The first-order valence-electron chi connectivity index (χ1n) is 6.78. The summed E-state index contributed by atoms with van der Waals surface area (Å²) in [6.07, 6.45) is 1.55. The summed E-state index contributed by atoms with van der Waals surface area (Å²) in [4.78, 5) is 28.3. The lowest BCUT2D eigenvalue weighted by Gasteiger charge is -2.23. The predicted molar refractivity (Wildman–Crippen MR) is 77.4 cm³/mol. The van der Waals surface area contributed by atoms with E-state index in [0.717, 1.165) is 12.0 Å². The van der Waals surface area contributed by atoms with Crippen molar-refractivity contribution in [2.24, 2.45) is 10.7 Å². The molecule has 1 aromatic carbocycles. The zero-order chi connectivity index (χ0) is 14.7. The number of hydrogen-bond donors (Lipinski definition) is 2. The largest absolute Gasteiger partial charge is 0.321 e. The number of benzene rings is 1. The molecule has 2 unspecified atom stereocenters. The Hall–Kier alpha value is -2.01. The van der Waals surface area contributed by atoms with Gasteiger partial charge in [0.25, 0.3) is 5.91 Å². The lowest BCUT2D eigenvalue weighted by Crippen LogP contribution is -2.50. The van der Waals surface area contributed by atoms with Gasteiger partial charge >= 0.3 is 0 Å². The van der Waals surface area contributed by atoms with Crippen molar-refractivity contribution in [1.29, 1.82) is 0 Å². The molecule has 5 nitrogen and oxygen atoms in total. The fourth-order valence-corrected chi connectivity index (χ4v) is 2.29. The van der Waals surface area contributed by atoms with Crippen LogP contribution in [0.1, 0.15) is 36.8 Å². The number of carbonyl (C=O) groups excluding carboxylic acids is 2. The summed E-state index contributed by atoms with van der Waals surface area (Å²) >= 11 is 0. The topological polar surface area (TPSA) is 84.5 Å². The third-order valence-corrected chi connectivity index (χ3v) is 3.32. The molecule has 0 saturated heterocycles. The Morgan fingerprint density at radius 3 is 2.75 bits per heavy atom. The summed E-state index contributed by atoms with van der Waals surface area (Å²) in [5.41, 5.74) is 7.56. The Morgan fingerprint density at radius 2 is 2.15 bits per heavy atom. The van der Waals surface area contributed by atoms with Gasteiger partial charge in [0.2, 0.25) is 5.91 Å². The maximum absolute atomic E-state index is 12.2. The molecule has 0 saturated carbocycles. The van der Waals surface area contributed by atoms with Crippen molar-refractivity contribution in [3.8, 4) is 0 Å². The maximum atomic E-state index is 12.2. The molecular formula is C15H19N3O2. The van der Waals surface area contributed by atoms with E-state index in [0.29, 0.717) is 12.0 Å². The monoisotopic (exact) mass is 273 g/mol. The highest BCUT2D eigenvalue weighted by Crippen LogP contribution is 2.21. The molecule has 2 atom stereocenters. The number of hydrogen-bond acceptors (Lipinski definition) is 3. The second-order valence-electron chi connectivity index (χ2n) is 5.07. The molecule has 1 aromatic rings. The van der Waals surface area contributed by atoms with Crippen LogP contribution in [0.3, 0.4) is 0 Å². The molecule has 2 rings (SSSR count). The highest BCUT2D eigenvalue weighted by molar-refractivity contribution is 6.20. The molecule has 0 fully saturated rings. The van der Waals surface area contributed by atoms with Crippen LogP contribution in [0, 0.1) is 6.92 Å². The van der Waals surface area contributed by atoms with E-state index < -0.39 is 17.9 Å². The van der Waals surface area contributed by atoms with Crippen LogP contribution in [0.25, 0.3) is 0 Å². The molecule has 1 heterocycles. The van der Waals surface area contributed by atoms with Gasteiger partial charge in [0, 0.05) is 0 Å². The maximum Gasteiger partial charge on any atom is 0.264 e. The van der Waals surface area contributed by atoms with Gasteiger partial charge < -0.3 is 11.1 Å². The van der Waals surface area contributed by atoms with Gasteiger partial charge in [-0.2, -0.15) is 4.99 Å². The van der Waals surface area contributed by atoms with E-state index in [1.165, 1.54) is 0 Å². The number of nitrogens with zero attached hydrogens (tertiary/aromatic N) is 1. The Morgan fingerprint density at radius 1 is 1.40 bits per heavy atom. The number of aliphatic imine (C=N–C) groups is 1. The molecule has 0 spiro atoms. The highest BCUT2D eigenvalue weighted by Gasteiger charge is 2.34. The molecule has 0 aromatic heterocycles. The van der Waals surface area contributed by atoms with Crippen molar-refractivity contribution in [3.05, 3.63) is 35.4 Å². The van der Waals surface area contributed by atoms with Crippen LogP contribution >= 0.6 is 0 Å². The second-order valence-corrected chi connectivity index (χ2v) is 5.07. The van der Waals surface area contributed by atoms with Crippen LogP contribution in [-0.4, -0.2) is 23.7 Å². The number of nitrogens with two attached hydrogens (primary N) is 1. The van der Waals surface area contributed by atoms with Crippen LogP contribution in [0.5, 0.6) is 0 Å². The van der Waals surface area contributed by atoms with Gasteiger partial charge in [-0.1, -0.05) is 43.2 Å². The fourth-order valence-electron chi connectivity index (χ4n) is 2.29. The average Bonchev–Trinajstić information content (AvgIpc) is 2.38. The molecule has 0 aliphatic carbocycles. The summed E-state index contributed by atoms with van der Waals surface area (Å²) in [5, 5.41) is 2.66. The minimum atomic E-state index is -0.868. The van der Waals surface area contributed by atoms with Crippen molar-refractivity contribution < 1.29 is 9.59 Å². The van der Waals surface area contributed by atoms with Crippen LogP contribution in [0.4, 0.5) is 0 Å². The molecular weight excluding hydrogens is 254 g/mol. The Bertz CT molecular complexity index is 566. The molecule has 2 amide bonds. The van der Waals surface area contributed by atoms with Crippen molar-refractivity contribution >= 4 is 17.6 Å². The SMILES string of the molecule is CCCC(N)C1=NC(=O)C(c2cccc(C)c2)C(=O)N1. The standard InChI is InChI=1S/C15H19N3O2/c1-3-5-11(16)13-17-14(19)12(15(20)18-13)10-7-4-6-9(2)8-10/h4,6-8,11-12H,3,5,16H2,1-2H3,(H,17,18,19,20). The summed E-state index contributed by atoms with van der Waals surface area (Å²) in [6.45, 7) is 3.91. The predicted octanol–water partition coefficient (Wildman–Crippen LogP) is 1.26. The van der Waals surface area contributed by atoms with E-state index in [2.05, 4.69) is 10.3 Å². The van der Waals surface area contributed by atoms with Crippen molar-refractivity contribution in [2.45, 2.75) is 38.6 Å². The normalized spacial score (nSPS) is 20.4. The molecule has 0 bridgehead atoms. The van der Waals surface area contributed by atoms with Gasteiger partial charge in [-0.05, 0) is 18.9 Å². The Labute approximate surface area is 118 Å². The van der Waals surface area contributed by atoms with E-state index in [1.54, 1.807) is 6.07 Å². The van der Waals surface area contributed by atoms with Gasteiger partial charge in [0.05, 0.1) is 6.04 Å². The van der Waals surface area contributed by atoms with Crippen LogP contribution in [0.15, 0.2) is 29.3 Å². The number of rotatable bonds is 4. The lowest BCUT2D eigenvalue weighted by atomic mass is 9.94. The van der Waals surface area contributed by atoms with E-state index in [9.17, 15) is 9.59 Å². The minimum Gasteiger partial charge on any atom is -0.321 e. The van der Waals surface area contributed by atoms with Crippen molar-refractivity contribution in [3.63, 3.8) is 0 Å². The van der Waals surface area contributed by atoms with Gasteiger partial charge in [-0.3, -0.25) is 9.59 Å². The van der Waals surface area contributed by atoms with Gasteiger partial charge in [-0.15, -0.1) is 0 Å². The minimum absolute atomic E-state index is 0.283. The third kappa shape index (κ3) is 2.93. The molecule has 20 heavy (non-hydrogen) atoms. The first kappa shape index (κ1) is 14.4. The number of carbonyl (C=O) groups is 2. The first-order valence-corrected chi connectivity index (χ1v) is 6.78. The van der Waals surface area contributed by atoms with E-state index in [-0.39, 0.29) is 11.7 Å². The summed E-state index contributed by atoms with van der Waals surface area (Å²) < 4.78 is 0. The molecule has 0 radical (unpaired) electrons. The van der Waals surface area contributed by atoms with E-state index in [4.69, 9.17) is 5.73 Å². The quantitative estimate of drug-likeness (QED) is 0.810. The Balaban J connectivity index is 2.27. The lowest BCUT2D eigenvalue weighted by molar-refractivity contribution is -0.129. The summed E-state index contributed by atoms with van der Waals surface area (Å²) in [7, 11) is 0. The van der Waals surface area contributed by atoms with Crippen molar-refractivity contribution in [2.75, 3.05) is 0 Å². The number of amidine groups is 1. The van der Waals surface area contributed by atoms with Gasteiger partial charge in [0.15, 0.2) is 0 Å². The first-order chi connectivity index (χ1) is 9.52. The highest BCUT2D eigenvalue weighted by atomic mass is 16.2. The number of nitrogens with one attached hydrogen (secondary N) is 1. The molecule has 3 N–H and O–H groups in total. The van der Waals surface area contributed by atoms with Crippen LogP contribution < -0.4 is 11.1 Å². The molecule has 106 valence electrons. The zero-order valence-electron chi connectivity index (χ0n) is 11.7.